The predicted octanol–water partition coefficient (Wildman–Crippen LogP) is 1.87. The zero-order valence-corrected chi connectivity index (χ0v) is 16.6. The Labute approximate surface area is 166 Å². The van der Waals surface area contributed by atoms with Crippen molar-refractivity contribution < 1.29 is 23.9 Å². The molecule has 0 bridgehead atoms. The van der Waals surface area contributed by atoms with Crippen LogP contribution in [0.3, 0.4) is 0 Å². The molecule has 0 heterocycles. The molecule has 0 radical (unpaired) electrons. The number of esters is 1. The van der Waals surface area contributed by atoms with Gasteiger partial charge < -0.3 is 25.8 Å². The van der Waals surface area contributed by atoms with Crippen LogP contribution >= 0.6 is 0 Å². The van der Waals surface area contributed by atoms with E-state index in [1.807, 2.05) is 37.3 Å². The average Bonchev–Trinajstić information content (AvgIpc) is 2.70. The minimum absolute atomic E-state index is 0.101. The minimum atomic E-state index is -0.868. The summed E-state index contributed by atoms with van der Waals surface area (Å²) >= 11 is 0. The third-order valence-electron chi connectivity index (χ3n) is 3.98. The largest absolute Gasteiger partial charge is 0.464 e. The third kappa shape index (κ3) is 9.36. The molecular weight excluding hydrogens is 362 g/mol. The number of amides is 2. The van der Waals surface area contributed by atoms with E-state index >= 15 is 0 Å². The molecule has 1 aromatic carbocycles. The van der Waals surface area contributed by atoms with Gasteiger partial charge in [-0.1, -0.05) is 43.7 Å². The van der Waals surface area contributed by atoms with Crippen LogP contribution in [0.5, 0.6) is 0 Å². The van der Waals surface area contributed by atoms with Crippen molar-refractivity contribution >= 4 is 18.0 Å². The third-order valence-corrected chi connectivity index (χ3v) is 3.98. The Morgan fingerprint density at radius 2 is 1.79 bits per heavy atom. The lowest BCUT2D eigenvalue weighted by atomic mass is 10.1. The Balaban J connectivity index is 2.48. The van der Waals surface area contributed by atoms with Gasteiger partial charge in [-0.3, -0.25) is 4.79 Å². The van der Waals surface area contributed by atoms with E-state index < -0.39 is 30.1 Å². The fourth-order valence-corrected chi connectivity index (χ4v) is 2.29. The molecule has 0 spiro atoms. The van der Waals surface area contributed by atoms with Crippen molar-refractivity contribution in [3.05, 3.63) is 35.9 Å². The smallest absolute Gasteiger partial charge is 0.408 e. The number of rotatable bonds is 12. The molecule has 0 saturated carbocycles. The highest BCUT2D eigenvalue weighted by molar-refractivity contribution is 5.89. The molecule has 2 amide bonds. The molecule has 1 rings (SSSR count). The van der Waals surface area contributed by atoms with Gasteiger partial charge in [0.1, 0.15) is 18.7 Å². The summed E-state index contributed by atoms with van der Waals surface area (Å²) in [6, 6.07) is 7.54. The van der Waals surface area contributed by atoms with Crippen LogP contribution in [0, 0.1) is 0 Å². The van der Waals surface area contributed by atoms with E-state index in [2.05, 4.69) is 10.6 Å². The monoisotopic (exact) mass is 393 g/mol. The molecule has 0 aliphatic rings. The van der Waals surface area contributed by atoms with Crippen molar-refractivity contribution in [1.82, 2.24) is 10.6 Å². The number of carbonyl (C=O) groups excluding carboxylic acids is 3. The minimum Gasteiger partial charge on any atom is -0.464 e. The van der Waals surface area contributed by atoms with Gasteiger partial charge in [0.05, 0.1) is 6.61 Å². The van der Waals surface area contributed by atoms with Crippen LogP contribution < -0.4 is 16.4 Å². The molecule has 1 aromatic rings. The van der Waals surface area contributed by atoms with E-state index in [0.29, 0.717) is 26.0 Å². The molecule has 4 N–H and O–H groups in total. The van der Waals surface area contributed by atoms with Crippen molar-refractivity contribution in [3.63, 3.8) is 0 Å². The highest BCUT2D eigenvalue weighted by Crippen LogP contribution is 2.03. The van der Waals surface area contributed by atoms with Gasteiger partial charge >= 0.3 is 12.1 Å². The van der Waals surface area contributed by atoms with Crippen LogP contribution in [0.25, 0.3) is 0 Å². The van der Waals surface area contributed by atoms with Crippen molar-refractivity contribution in [2.75, 3.05) is 13.2 Å². The standard InChI is InChI=1S/C20H31N3O5/c1-3-4-13-27-19(25)17(11-8-12-21)23-18(24)15(2)22-20(26)28-14-16-9-6-5-7-10-16/h5-7,9-10,15,17H,3-4,8,11-14,21H2,1-2H3,(H,22,26)(H,23,24). The van der Waals surface area contributed by atoms with Gasteiger partial charge in [-0.2, -0.15) is 0 Å². The summed E-state index contributed by atoms with van der Waals surface area (Å²) in [5.41, 5.74) is 6.34. The number of benzene rings is 1. The number of unbranched alkanes of at least 4 members (excludes halogenated alkanes) is 1. The fraction of sp³-hybridized carbons (Fsp3) is 0.550. The summed E-state index contributed by atoms with van der Waals surface area (Å²) in [5, 5.41) is 5.07. The lowest BCUT2D eigenvalue weighted by Gasteiger charge is -2.20. The topological polar surface area (TPSA) is 120 Å². The normalized spacial score (nSPS) is 12.5. The average molecular weight is 393 g/mol. The van der Waals surface area contributed by atoms with Gasteiger partial charge in [0, 0.05) is 0 Å². The molecule has 8 nitrogen and oxygen atoms in total. The molecular formula is C20H31N3O5. The van der Waals surface area contributed by atoms with E-state index in [9.17, 15) is 14.4 Å². The summed E-state index contributed by atoms with van der Waals surface area (Å²) in [6.07, 6.45) is 1.89. The van der Waals surface area contributed by atoms with E-state index in [0.717, 1.165) is 18.4 Å². The van der Waals surface area contributed by atoms with Crippen molar-refractivity contribution in [3.8, 4) is 0 Å². The summed E-state index contributed by atoms with van der Waals surface area (Å²) in [5.74, 6) is -0.986. The Morgan fingerprint density at radius 3 is 2.43 bits per heavy atom. The fourth-order valence-electron chi connectivity index (χ4n) is 2.29. The van der Waals surface area contributed by atoms with Gasteiger partial charge in [0.15, 0.2) is 0 Å². The predicted molar refractivity (Wildman–Crippen MR) is 105 cm³/mol. The lowest BCUT2D eigenvalue weighted by molar-refractivity contribution is -0.148. The zero-order valence-electron chi connectivity index (χ0n) is 16.6. The van der Waals surface area contributed by atoms with Crippen molar-refractivity contribution in [2.45, 2.75) is 58.2 Å². The SMILES string of the molecule is CCCCOC(=O)C(CCCN)NC(=O)C(C)NC(=O)OCc1ccccc1. The number of ether oxygens (including phenoxy) is 2. The second kappa shape index (κ2) is 13.5. The lowest BCUT2D eigenvalue weighted by Crippen LogP contribution is -2.50. The molecule has 156 valence electrons. The van der Waals surface area contributed by atoms with Crippen molar-refractivity contribution in [2.24, 2.45) is 5.73 Å². The van der Waals surface area contributed by atoms with Crippen molar-refractivity contribution in [1.29, 1.82) is 0 Å². The van der Waals surface area contributed by atoms with Crippen LogP contribution in [-0.4, -0.2) is 43.2 Å². The first-order valence-corrected chi connectivity index (χ1v) is 9.62. The Hall–Kier alpha value is -2.61. The van der Waals surface area contributed by atoms with Crippen LogP contribution in [-0.2, 0) is 25.7 Å². The number of hydrogen-bond donors (Lipinski definition) is 3. The molecule has 8 heteroatoms. The first-order chi connectivity index (χ1) is 13.5. The van der Waals surface area contributed by atoms with E-state index in [1.165, 1.54) is 6.92 Å². The Morgan fingerprint density at radius 1 is 1.07 bits per heavy atom. The summed E-state index contributed by atoms with van der Waals surface area (Å²) in [4.78, 5) is 36.4. The van der Waals surface area contributed by atoms with E-state index in [-0.39, 0.29) is 6.61 Å². The number of nitrogens with one attached hydrogen (secondary N) is 2. The van der Waals surface area contributed by atoms with Gasteiger partial charge in [-0.15, -0.1) is 0 Å². The highest BCUT2D eigenvalue weighted by atomic mass is 16.5. The maximum atomic E-state index is 12.3. The molecule has 0 aliphatic heterocycles. The Kier molecular flexibility index (Phi) is 11.3. The maximum absolute atomic E-state index is 12.3. The van der Waals surface area contributed by atoms with Gasteiger partial charge in [-0.25, -0.2) is 9.59 Å². The number of carbonyl (C=O) groups is 3. The zero-order chi connectivity index (χ0) is 20.8. The van der Waals surface area contributed by atoms with Crippen LogP contribution in [0.15, 0.2) is 30.3 Å². The molecule has 0 saturated heterocycles. The molecule has 0 aromatic heterocycles. The first-order valence-electron chi connectivity index (χ1n) is 9.62. The van der Waals surface area contributed by atoms with E-state index in [1.54, 1.807) is 0 Å². The number of nitrogens with two attached hydrogens (primary N) is 1. The second-order valence-corrected chi connectivity index (χ2v) is 6.44. The van der Waals surface area contributed by atoms with E-state index in [4.69, 9.17) is 15.2 Å². The highest BCUT2D eigenvalue weighted by Gasteiger charge is 2.25. The van der Waals surface area contributed by atoms with Gasteiger partial charge in [0.25, 0.3) is 0 Å². The number of alkyl carbamates (subject to hydrolysis) is 1. The summed E-state index contributed by atoms with van der Waals surface area (Å²) < 4.78 is 10.3. The van der Waals surface area contributed by atoms with Crippen LogP contribution in [0.2, 0.25) is 0 Å². The van der Waals surface area contributed by atoms with Gasteiger partial charge in [0.2, 0.25) is 5.91 Å². The van der Waals surface area contributed by atoms with Crippen LogP contribution in [0.1, 0.15) is 45.1 Å². The Bertz CT molecular complexity index is 609. The molecule has 28 heavy (non-hydrogen) atoms. The summed E-state index contributed by atoms with van der Waals surface area (Å²) in [6.45, 7) is 4.31. The summed E-state index contributed by atoms with van der Waals surface area (Å²) in [7, 11) is 0. The second-order valence-electron chi connectivity index (χ2n) is 6.44. The maximum Gasteiger partial charge on any atom is 0.408 e. The van der Waals surface area contributed by atoms with Crippen LogP contribution in [0.4, 0.5) is 4.79 Å². The molecule has 2 atom stereocenters. The quantitative estimate of drug-likeness (QED) is 0.368. The molecule has 2 unspecified atom stereocenters. The van der Waals surface area contributed by atoms with Gasteiger partial charge in [-0.05, 0) is 38.3 Å². The molecule has 0 fully saturated rings. The first kappa shape index (κ1) is 23.4. The number of hydrogen-bond acceptors (Lipinski definition) is 6. The molecule has 0 aliphatic carbocycles.